The van der Waals surface area contributed by atoms with Crippen LogP contribution in [0, 0.1) is 0 Å². The molecule has 2 heterocycles. The normalized spacial score (nSPS) is 23.9. The van der Waals surface area contributed by atoms with Crippen LogP contribution in [-0.4, -0.2) is 64.6 Å². The SMILES string of the molecule is CCC(=O)NC1CCCN(C(N)=NP)C1=O.NC(=NP)N1CCCC(N)C1=O. The number of amides is 3. The summed E-state index contributed by atoms with van der Waals surface area (Å²) in [6.07, 6.45) is 3.46. The minimum absolute atomic E-state index is 0.124. The van der Waals surface area contributed by atoms with E-state index in [1.807, 2.05) is 0 Å². The van der Waals surface area contributed by atoms with Crippen molar-refractivity contribution in [3.8, 4) is 0 Å². The Balaban J connectivity index is 0.000000292. The highest BCUT2D eigenvalue weighted by molar-refractivity contribution is 7.15. The quantitative estimate of drug-likeness (QED) is 0.238. The molecule has 2 aliphatic heterocycles. The van der Waals surface area contributed by atoms with Gasteiger partial charge in [-0.1, -0.05) is 6.92 Å². The second kappa shape index (κ2) is 11.9. The van der Waals surface area contributed by atoms with Crippen LogP contribution in [0.3, 0.4) is 0 Å². The number of likely N-dealkylation sites (tertiary alicyclic amines) is 2. The van der Waals surface area contributed by atoms with Crippen molar-refractivity contribution < 1.29 is 14.4 Å². The molecule has 0 aliphatic carbocycles. The number of hydrogen-bond acceptors (Lipinski definition) is 6. The Morgan fingerprint density at radius 2 is 1.57 bits per heavy atom. The lowest BCUT2D eigenvalue weighted by atomic mass is 10.0. The lowest BCUT2D eigenvalue weighted by molar-refractivity contribution is -0.135. The Morgan fingerprint density at radius 3 is 2.07 bits per heavy atom. The summed E-state index contributed by atoms with van der Waals surface area (Å²) in [6.45, 7) is 2.93. The predicted molar refractivity (Wildman–Crippen MR) is 115 cm³/mol. The summed E-state index contributed by atoms with van der Waals surface area (Å²) in [4.78, 5) is 37.3. The molecule has 7 N–H and O–H groups in total. The highest BCUT2D eigenvalue weighted by Crippen LogP contribution is 2.12. The number of nitrogens with one attached hydrogen (secondary N) is 1. The summed E-state index contributed by atoms with van der Waals surface area (Å²) >= 11 is 0. The molecule has 28 heavy (non-hydrogen) atoms. The van der Waals surface area contributed by atoms with Gasteiger partial charge in [0.05, 0.1) is 6.04 Å². The van der Waals surface area contributed by atoms with E-state index in [2.05, 4.69) is 33.6 Å². The number of carbonyl (C=O) groups is 3. The lowest BCUT2D eigenvalue weighted by Crippen LogP contribution is -2.55. The van der Waals surface area contributed by atoms with Crippen molar-refractivity contribution in [2.24, 2.45) is 26.7 Å². The highest BCUT2D eigenvalue weighted by atomic mass is 31.0. The van der Waals surface area contributed by atoms with Gasteiger partial charge in [-0.25, -0.2) is 9.53 Å². The molecule has 2 aliphatic rings. The fourth-order valence-electron chi connectivity index (χ4n) is 2.80. The molecule has 4 atom stereocenters. The summed E-state index contributed by atoms with van der Waals surface area (Å²) in [6, 6.07) is -0.879. The number of piperidine rings is 2. The van der Waals surface area contributed by atoms with Crippen molar-refractivity contribution in [2.75, 3.05) is 13.1 Å². The van der Waals surface area contributed by atoms with Crippen LogP contribution in [-0.2, 0) is 14.4 Å². The van der Waals surface area contributed by atoms with E-state index in [1.54, 1.807) is 6.92 Å². The van der Waals surface area contributed by atoms with Crippen molar-refractivity contribution in [1.82, 2.24) is 15.1 Å². The van der Waals surface area contributed by atoms with Gasteiger partial charge in [0.15, 0.2) is 0 Å². The zero-order valence-corrected chi connectivity index (χ0v) is 18.3. The number of nitrogens with zero attached hydrogens (tertiary/aromatic N) is 4. The molecule has 11 nitrogen and oxygen atoms in total. The summed E-state index contributed by atoms with van der Waals surface area (Å²) < 4.78 is 7.36. The molecule has 0 radical (unpaired) electrons. The van der Waals surface area contributed by atoms with Gasteiger partial charge in [-0.15, -0.1) is 0 Å². The largest absolute Gasteiger partial charge is 0.369 e. The summed E-state index contributed by atoms with van der Waals surface area (Å²) in [5, 5.41) is 2.68. The maximum atomic E-state index is 11.9. The van der Waals surface area contributed by atoms with E-state index in [1.165, 1.54) is 9.80 Å². The van der Waals surface area contributed by atoms with Crippen LogP contribution in [0.2, 0.25) is 0 Å². The fraction of sp³-hybridized carbons (Fsp3) is 0.667. The molecule has 2 rings (SSSR count). The standard InChI is InChI=1S/C9H17N4O2P.C6H13N4OP/c1-2-7(14)11-6-4-3-5-13(8(6)15)9(10)12-16;7-4-2-1-3-10(5(4)11)6(8)9-12/h6H,2-5,16H2,1H3,(H2,10,12)(H,11,14);4H,1-3,7,12H2,(H2,8,9). The summed E-state index contributed by atoms with van der Waals surface area (Å²) in [5.41, 5.74) is 16.6. The van der Waals surface area contributed by atoms with Gasteiger partial charge in [-0.2, -0.15) is 0 Å². The lowest BCUT2D eigenvalue weighted by Gasteiger charge is -2.31. The number of guanidine groups is 2. The third-order valence-corrected chi connectivity index (χ3v) is 4.92. The molecule has 0 aromatic rings. The molecule has 0 aromatic heterocycles. The molecule has 3 amide bonds. The maximum absolute atomic E-state index is 11.9. The first kappa shape index (κ1) is 24.2. The second-order valence-corrected chi connectivity index (χ2v) is 6.84. The molecule has 13 heteroatoms. The summed E-state index contributed by atoms with van der Waals surface area (Å²) in [5.74, 6) is -0.0473. The molecule has 2 fully saturated rings. The van der Waals surface area contributed by atoms with Crippen LogP contribution < -0.4 is 22.5 Å². The maximum Gasteiger partial charge on any atom is 0.251 e. The van der Waals surface area contributed by atoms with E-state index >= 15 is 0 Å². The molecule has 2 saturated heterocycles. The van der Waals surface area contributed by atoms with Gasteiger partial charge in [0.25, 0.3) is 5.91 Å². The first-order valence-corrected chi connectivity index (χ1v) is 10.0. The van der Waals surface area contributed by atoms with E-state index in [0.717, 1.165) is 19.3 Å². The Kier molecular flexibility index (Phi) is 10.3. The molecular weight excluding hydrogens is 402 g/mol. The second-order valence-electron chi connectivity index (χ2n) is 6.32. The van der Waals surface area contributed by atoms with E-state index in [9.17, 15) is 14.4 Å². The summed E-state index contributed by atoms with van der Waals surface area (Å²) in [7, 11) is 4.24. The molecule has 158 valence electrons. The Morgan fingerprint density at radius 1 is 1.07 bits per heavy atom. The predicted octanol–water partition coefficient (Wildman–Crippen LogP) is -1.35. The van der Waals surface area contributed by atoms with Gasteiger partial charge in [-0.05, 0) is 44.5 Å². The van der Waals surface area contributed by atoms with Gasteiger partial charge < -0.3 is 22.5 Å². The first-order chi connectivity index (χ1) is 13.3. The number of carbonyl (C=O) groups excluding carboxylic acids is 3. The molecule has 4 unspecified atom stereocenters. The van der Waals surface area contributed by atoms with Crippen LogP contribution >= 0.6 is 18.8 Å². The average Bonchev–Trinajstić information content (AvgIpc) is 2.70. The Bertz CT molecular complexity index is 643. The Labute approximate surface area is 169 Å². The van der Waals surface area contributed by atoms with E-state index in [-0.39, 0.29) is 29.6 Å². The minimum atomic E-state index is -0.466. The van der Waals surface area contributed by atoms with Gasteiger partial charge in [0.2, 0.25) is 23.7 Å². The van der Waals surface area contributed by atoms with Crippen LogP contribution in [0.15, 0.2) is 9.53 Å². The fourth-order valence-corrected chi connectivity index (χ4v) is 3.08. The molecule has 0 spiro atoms. The van der Waals surface area contributed by atoms with Crippen LogP contribution in [0.1, 0.15) is 39.0 Å². The average molecular weight is 432 g/mol. The van der Waals surface area contributed by atoms with E-state index < -0.39 is 12.1 Å². The smallest absolute Gasteiger partial charge is 0.251 e. The molecule has 0 saturated carbocycles. The minimum Gasteiger partial charge on any atom is -0.369 e. The monoisotopic (exact) mass is 432 g/mol. The first-order valence-electron chi connectivity index (χ1n) is 9.01. The third-order valence-electron chi connectivity index (χ3n) is 4.39. The van der Waals surface area contributed by atoms with E-state index in [4.69, 9.17) is 17.2 Å². The van der Waals surface area contributed by atoms with Crippen LogP contribution in [0.5, 0.6) is 0 Å². The third kappa shape index (κ3) is 6.65. The number of hydrogen-bond donors (Lipinski definition) is 4. The van der Waals surface area contributed by atoms with Crippen molar-refractivity contribution in [3.63, 3.8) is 0 Å². The topological polar surface area (TPSA) is 172 Å². The number of rotatable bonds is 2. The zero-order valence-electron chi connectivity index (χ0n) is 16.0. The van der Waals surface area contributed by atoms with Crippen molar-refractivity contribution in [3.05, 3.63) is 0 Å². The molecular formula is C15H30N8O3P2. The number of nitrogens with two attached hydrogens (primary N) is 3. The molecule has 0 aromatic carbocycles. The van der Waals surface area contributed by atoms with Crippen molar-refractivity contribution in [1.29, 1.82) is 0 Å². The van der Waals surface area contributed by atoms with Gasteiger partial charge in [-0.3, -0.25) is 24.2 Å². The van der Waals surface area contributed by atoms with Gasteiger partial charge in [0.1, 0.15) is 6.04 Å². The van der Waals surface area contributed by atoms with Gasteiger partial charge >= 0.3 is 0 Å². The van der Waals surface area contributed by atoms with Crippen LogP contribution in [0.25, 0.3) is 0 Å². The highest BCUT2D eigenvalue weighted by Gasteiger charge is 2.31. The van der Waals surface area contributed by atoms with Crippen molar-refractivity contribution >= 4 is 48.4 Å². The van der Waals surface area contributed by atoms with Crippen molar-refractivity contribution in [2.45, 2.75) is 51.1 Å². The molecule has 0 bridgehead atoms. The van der Waals surface area contributed by atoms with E-state index in [0.29, 0.717) is 25.9 Å². The zero-order chi connectivity index (χ0) is 21.3. The van der Waals surface area contributed by atoms with Crippen LogP contribution in [0.4, 0.5) is 0 Å². The van der Waals surface area contributed by atoms with Gasteiger partial charge in [0, 0.05) is 19.5 Å². The Hall–Kier alpha value is -1.83.